The molecule has 0 radical (unpaired) electrons. The van der Waals surface area contributed by atoms with Crippen LogP contribution in [0.1, 0.15) is 29.9 Å². The van der Waals surface area contributed by atoms with Crippen molar-refractivity contribution >= 4 is 5.91 Å². The van der Waals surface area contributed by atoms with Crippen molar-refractivity contribution in [3.63, 3.8) is 0 Å². The predicted molar refractivity (Wildman–Crippen MR) is 120 cm³/mol. The summed E-state index contributed by atoms with van der Waals surface area (Å²) in [4.78, 5) is 39.1. The average molecular weight is 438 g/mol. The Balaban J connectivity index is 2.17. The maximum atomic E-state index is 13.2. The number of ether oxygens (including phenoxy) is 2. The van der Waals surface area contributed by atoms with Gasteiger partial charge in [-0.25, -0.2) is 4.79 Å². The Morgan fingerprint density at radius 1 is 1.03 bits per heavy atom. The van der Waals surface area contributed by atoms with Gasteiger partial charge in [-0.15, -0.1) is 0 Å². The summed E-state index contributed by atoms with van der Waals surface area (Å²) >= 11 is 0. The molecule has 0 atom stereocenters. The first-order valence-corrected chi connectivity index (χ1v) is 10.1. The molecule has 0 aliphatic carbocycles. The Morgan fingerprint density at radius 2 is 1.69 bits per heavy atom. The largest absolute Gasteiger partial charge is 0.497 e. The molecular weight excluding hydrogens is 412 g/mol. The molecule has 0 fully saturated rings. The van der Waals surface area contributed by atoms with Gasteiger partial charge in [0.05, 0.1) is 26.5 Å². The molecule has 0 aliphatic heterocycles. The van der Waals surface area contributed by atoms with Gasteiger partial charge in [0.2, 0.25) is 5.69 Å². The number of nitrogens with zero attached hydrogens (tertiary/aromatic N) is 3. The van der Waals surface area contributed by atoms with Crippen LogP contribution in [0.5, 0.6) is 11.5 Å². The molecule has 1 N–H and O–H groups in total. The van der Waals surface area contributed by atoms with Crippen LogP contribution in [0.15, 0.2) is 58.1 Å². The molecule has 1 amide bonds. The summed E-state index contributed by atoms with van der Waals surface area (Å²) in [5.41, 5.74) is -0.771. The molecule has 0 bridgehead atoms. The van der Waals surface area contributed by atoms with Crippen LogP contribution in [0.25, 0.3) is 5.69 Å². The Hall–Kier alpha value is -3.88. The van der Waals surface area contributed by atoms with E-state index in [1.54, 1.807) is 48.5 Å². The molecule has 3 rings (SSSR count). The van der Waals surface area contributed by atoms with E-state index < -0.39 is 17.2 Å². The fourth-order valence-corrected chi connectivity index (χ4v) is 3.04. The third-order valence-electron chi connectivity index (χ3n) is 4.72. The molecule has 0 aliphatic rings. The van der Waals surface area contributed by atoms with Gasteiger partial charge in [0.15, 0.2) is 0 Å². The second-order valence-electron chi connectivity index (χ2n) is 7.59. The van der Waals surface area contributed by atoms with Gasteiger partial charge >= 0.3 is 5.69 Å². The first kappa shape index (κ1) is 22.8. The van der Waals surface area contributed by atoms with Crippen LogP contribution in [0.4, 0.5) is 0 Å². The maximum absolute atomic E-state index is 13.2. The van der Waals surface area contributed by atoms with Gasteiger partial charge < -0.3 is 14.8 Å². The van der Waals surface area contributed by atoms with E-state index in [9.17, 15) is 14.4 Å². The van der Waals surface area contributed by atoms with Crippen LogP contribution >= 0.6 is 0 Å². The zero-order chi connectivity index (χ0) is 23.3. The minimum absolute atomic E-state index is 0.0498. The van der Waals surface area contributed by atoms with Crippen molar-refractivity contribution in [3.05, 3.63) is 80.6 Å². The van der Waals surface area contributed by atoms with Crippen molar-refractivity contribution in [2.45, 2.75) is 20.4 Å². The molecule has 1 aromatic heterocycles. The maximum Gasteiger partial charge on any atom is 0.352 e. The lowest BCUT2D eigenvalue weighted by Crippen LogP contribution is -2.46. The molecule has 168 valence electrons. The summed E-state index contributed by atoms with van der Waals surface area (Å²) in [5.74, 6) is 0.641. The predicted octanol–water partition coefficient (Wildman–Crippen LogP) is 1.85. The van der Waals surface area contributed by atoms with E-state index in [-0.39, 0.29) is 18.2 Å². The number of nitrogens with one attached hydrogen (secondary N) is 1. The van der Waals surface area contributed by atoms with E-state index >= 15 is 0 Å². The number of methoxy groups -OCH3 is 2. The standard InChI is InChI=1S/C23H26N4O5/c1-15(2)13-24-21(28)20-22(29)26(14-16-7-5-9-18(11-16)31-3)23(30)27(25-20)17-8-6-10-19(12-17)32-4/h5-12,15H,13-14H2,1-4H3,(H,24,28). The molecule has 32 heavy (non-hydrogen) atoms. The average Bonchev–Trinajstić information content (AvgIpc) is 2.80. The van der Waals surface area contributed by atoms with Crippen molar-refractivity contribution < 1.29 is 14.3 Å². The fraction of sp³-hybridized carbons (Fsp3) is 0.304. The van der Waals surface area contributed by atoms with Crippen molar-refractivity contribution in [1.29, 1.82) is 0 Å². The Labute approximate surface area is 185 Å². The number of hydrogen-bond acceptors (Lipinski definition) is 6. The fourth-order valence-electron chi connectivity index (χ4n) is 3.04. The third-order valence-corrected chi connectivity index (χ3v) is 4.72. The number of hydrogen-bond donors (Lipinski definition) is 1. The summed E-state index contributed by atoms with van der Waals surface area (Å²) in [6.45, 7) is 4.19. The van der Waals surface area contributed by atoms with Crippen molar-refractivity contribution in [2.24, 2.45) is 5.92 Å². The van der Waals surface area contributed by atoms with Crippen molar-refractivity contribution in [2.75, 3.05) is 20.8 Å². The van der Waals surface area contributed by atoms with Crippen molar-refractivity contribution in [1.82, 2.24) is 19.7 Å². The van der Waals surface area contributed by atoms with Crippen LogP contribution in [0.3, 0.4) is 0 Å². The quantitative estimate of drug-likeness (QED) is 0.576. The number of aromatic nitrogens is 3. The van der Waals surface area contributed by atoms with Gasteiger partial charge in [0.1, 0.15) is 11.5 Å². The molecule has 0 saturated carbocycles. The zero-order valence-electron chi connectivity index (χ0n) is 18.5. The second kappa shape index (κ2) is 9.95. The molecule has 9 heteroatoms. The summed E-state index contributed by atoms with van der Waals surface area (Å²) in [7, 11) is 3.04. The summed E-state index contributed by atoms with van der Waals surface area (Å²) in [6, 6.07) is 13.7. The Kier molecular flexibility index (Phi) is 7.09. The molecule has 1 heterocycles. The summed E-state index contributed by atoms with van der Waals surface area (Å²) in [6.07, 6.45) is 0. The van der Waals surface area contributed by atoms with E-state index in [2.05, 4.69) is 10.4 Å². The minimum atomic E-state index is -0.766. The molecule has 2 aromatic carbocycles. The molecule has 0 spiro atoms. The van der Waals surface area contributed by atoms with E-state index in [4.69, 9.17) is 9.47 Å². The number of benzene rings is 2. The van der Waals surface area contributed by atoms with Gasteiger partial charge in [0, 0.05) is 12.6 Å². The van der Waals surface area contributed by atoms with E-state index in [1.165, 1.54) is 14.2 Å². The van der Waals surface area contributed by atoms with Crippen LogP contribution in [0, 0.1) is 5.92 Å². The highest BCUT2D eigenvalue weighted by Gasteiger charge is 2.21. The number of carbonyl (C=O) groups is 1. The second-order valence-corrected chi connectivity index (χ2v) is 7.59. The molecule has 9 nitrogen and oxygen atoms in total. The number of carbonyl (C=O) groups excluding carboxylic acids is 1. The third kappa shape index (κ3) is 5.05. The van der Waals surface area contributed by atoms with Gasteiger partial charge in [-0.1, -0.05) is 32.0 Å². The van der Waals surface area contributed by atoms with Crippen molar-refractivity contribution in [3.8, 4) is 17.2 Å². The lowest BCUT2D eigenvalue weighted by molar-refractivity contribution is 0.0939. The lowest BCUT2D eigenvalue weighted by Gasteiger charge is -2.13. The van der Waals surface area contributed by atoms with Gasteiger partial charge in [-0.3, -0.25) is 14.2 Å². The highest BCUT2D eigenvalue weighted by atomic mass is 16.5. The number of rotatable bonds is 8. The monoisotopic (exact) mass is 438 g/mol. The summed E-state index contributed by atoms with van der Waals surface area (Å²) < 4.78 is 12.5. The van der Waals surface area contributed by atoms with Crippen LogP contribution in [0.2, 0.25) is 0 Å². The summed E-state index contributed by atoms with van der Waals surface area (Å²) in [5, 5.41) is 6.80. The van der Waals surface area contributed by atoms with E-state index in [0.717, 1.165) is 9.25 Å². The van der Waals surface area contributed by atoms with Gasteiger partial charge in [0.25, 0.3) is 11.5 Å². The highest BCUT2D eigenvalue weighted by molar-refractivity contribution is 5.91. The van der Waals surface area contributed by atoms with Gasteiger partial charge in [-0.05, 0) is 35.7 Å². The van der Waals surface area contributed by atoms with E-state index in [1.807, 2.05) is 13.8 Å². The SMILES string of the molecule is COc1cccc(Cn2c(=O)c(C(=O)NCC(C)C)nn(-c3cccc(OC)c3)c2=O)c1. The zero-order valence-corrected chi connectivity index (χ0v) is 18.5. The topological polar surface area (TPSA) is 104 Å². The van der Waals surface area contributed by atoms with E-state index in [0.29, 0.717) is 29.3 Å². The lowest BCUT2D eigenvalue weighted by atomic mass is 10.2. The van der Waals surface area contributed by atoms with Crippen LogP contribution in [-0.2, 0) is 6.54 Å². The molecular formula is C23H26N4O5. The molecule has 3 aromatic rings. The normalized spacial score (nSPS) is 10.8. The first-order valence-electron chi connectivity index (χ1n) is 10.1. The minimum Gasteiger partial charge on any atom is -0.497 e. The smallest absolute Gasteiger partial charge is 0.352 e. The highest BCUT2D eigenvalue weighted by Crippen LogP contribution is 2.15. The first-order chi connectivity index (χ1) is 15.3. The van der Waals surface area contributed by atoms with Crippen LogP contribution in [-0.4, -0.2) is 41.0 Å². The van der Waals surface area contributed by atoms with Crippen LogP contribution < -0.4 is 26.0 Å². The number of amides is 1. The van der Waals surface area contributed by atoms with Gasteiger partial charge in [-0.2, -0.15) is 9.78 Å². The molecule has 0 saturated heterocycles. The Morgan fingerprint density at radius 3 is 2.34 bits per heavy atom. The Bertz CT molecular complexity index is 1230. The molecule has 0 unspecified atom stereocenters.